The van der Waals surface area contributed by atoms with Gasteiger partial charge in [-0.05, 0) is 57.7 Å². The van der Waals surface area contributed by atoms with Crippen molar-refractivity contribution in [1.29, 1.82) is 0 Å². The van der Waals surface area contributed by atoms with E-state index in [-0.39, 0.29) is 23.6 Å². The summed E-state index contributed by atoms with van der Waals surface area (Å²) in [5.74, 6) is -0.812. The standard InChI is InChI=1S/C24H34N6O3/c1-8-15(4)18(13-25-6)28-23(32)19-12-17-10-9-11-27-21(17)30(19)24(33)20(14(2)3)29-22(31)16(5)26-7/h8-11,13-14,16,19-20,26H,6,12H2,1-5,7H3,(H,28,32)(H,29,31)/b15-8-,18-13+/t16-,19?,20?/m0/s1. The smallest absolute Gasteiger partial charge is 0.251 e. The molecule has 1 aromatic rings. The molecule has 0 saturated heterocycles. The van der Waals surface area contributed by atoms with Crippen molar-refractivity contribution >= 4 is 30.3 Å². The van der Waals surface area contributed by atoms with Crippen LogP contribution in [0.15, 0.2) is 46.9 Å². The van der Waals surface area contributed by atoms with Crippen LogP contribution < -0.4 is 20.9 Å². The maximum atomic E-state index is 13.7. The Balaban J connectivity index is 2.41. The van der Waals surface area contributed by atoms with Gasteiger partial charge in [-0.25, -0.2) is 4.98 Å². The lowest BCUT2D eigenvalue weighted by atomic mass is 10.0. The molecule has 3 amide bonds. The molecule has 178 valence electrons. The predicted octanol–water partition coefficient (Wildman–Crippen LogP) is 1.71. The molecule has 9 nitrogen and oxygen atoms in total. The van der Waals surface area contributed by atoms with E-state index in [2.05, 4.69) is 32.6 Å². The molecule has 0 aromatic carbocycles. The number of amides is 3. The maximum absolute atomic E-state index is 13.7. The van der Waals surface area contributed by atoms with Crippen molar-refractivity contribution < 1.29 is 14.4 Å². The van der Waals surface area contributed by atoms with Gasteiger partial charge in [0.05, 0.1) is 11.7 Å². The highest BCUT2D eigenvalue weighted by molar-refractivity contribution is 6.06. The van der Waals surface area contributed by atoms with E-state index in [9.17, 15) is 14.4 Å². The normalized spacial score (nSPS) is 17.9. The first kappa shape index (κ1) is 25.9. The zero-order valence-electron chi connectivity index (χ0n) is 20.2. The first-order chi connectivity index (χ1) is 15.7. The predicted molar refractivity (Wildman–Crippen MR) is 130 cm³/mol. The Labute approximate surface area is 195 Å². The number of anilines is 1. The van der Waals surface area contributed by atoms with Crippen molar-refractivity contribution in [3.8, 4) is 0 Å². The van der Waals surface area contributed by atoms with Crippen LogP contribution in [0.25, 0.3) is 0 Å². The minimum Gasteiger partial charge on any atom is -0.343 e. The Morgan fingerprint density at radius 3 is 2.58 bits per heavy atom. The number of aromatic nitrogens is 1. The molecule has 2 rings (SSSR count). The number of nitrogens with zero attached hydrogens (tertiary/aromatic N) is 3. The van der Waals surface area contributed by atoms with Gasteiger partial charge in [0.2, 0.25) is 11.8 Å². The highest BCUT2D eigenvalue weighted by atomic mass is 16.2. The first-order valence-electron chi connectivity index (χ1n) is 11.0. The van der Waals surface area contributed by atoms with Crippen molar-refractivity contribution in [3.63, 3.8) is 0 Å². The van der Waals surface area contributed by atoms with E-state index >= 15 is 0 Å². The Bertz CT molecular complexity index is 969. The molecule has 3 N–H and O–H groups in total. The fourth-order valence-electron chi connectivity index (χ4n) is 3.49. The number of fused-ring (bicyclic) bond motifs is 1. The van der Waals surface area contributed by atoms with Crippen molar-refractivity contribution in [2.45, 2.75) is 59.2 Å². The molecule has 2 heterocycles. The number of likely N-dealkylation sites (N-methyl/N-ethyl adjacent to an activating group) is 1. The topological polar surface area (TPSA) is 116 Å². The molecule has 0 saturated carbocycles. The molecule has 2 unspecified atom stereocenters. The molecule has 0 bridgehead atoms. The van der Waals surface area contributed by atoms with E-state index in [1.54, 1.807) is 26.2 Å². The van der Waals surface area contributed by atoms with Crippen LogP contribution in [0.2, 0.25) is 0 Å². The minimum absolute atomic E-state index is 0.201. The molecule has 33 heavy (non-hydrogen) atoms. The van der Waals surface area contributed by atoms with Crippen LogP contribution in [0, 0.1) is 5.92 Å². The Kier molecular flexibility index (Phi) is 9.04. The third-order valence-corrected chi connectivity index (χ3v) is 5.75. The highest BCUT2D eigenvalue weighted by Crippen LogP contribution is 2.31. The molecular weight excluding hydrogens is 420 g/mol. The number of pyridine rings is 1. The first-order valence-corrected chi connectivity index (χ1v) is 11.0. The molecule has 0 radical (unpaired) electrons. The zero-order chi connectivity index (χ0) is 24.7. The van der Waals surface area contributed by atoms with E-state index in [0.717, 1.165) is 11.1 Å². The zero-order valence-corrected chi connectivity index (χ0v) is 20.2. The van der Waals surface area contributed by atoms with Crippen molar-refractivity contribution in [2.24, 2.45) is 10.9 Å². The van der Waals surface area contributed by atoms with Crippen LogP contribution >= 0.6 is 0 Å². The summed E-state index contributed by atoms with van der Waals surface area (Å²) in [7, 11) is 1.67. The second-order valence-corrected chi connectivity index (χ2v) is 8.34. The fraction of sp³-hybridized carbons (Fsp3) is 0.458. The number of hydrogen-bond acceptors (Lipinski definition) is 6. The summed E-state index contributed by atoms with van der Waals surface area (Å²) in [6.45, 7) is 12.6. The van der Waals surface area contributed by atoms with Gasteiger partial charge in [-0.2, -0.15) is 0 Å². The monoisotopic (exact) mass is 454 g/mol. The number of carbonyl (C=O) groups excluding carboxylic acids is 3. The number of rotatable bonds is 9. The largest absolute Gasteiger partial charge is 0.343 e. The molecule has 1 aliphatic heterocycles. The lowest BCUT2D eigenvalue weighted by Crippen LogP contribution is -2.58. The van der Waals surface area contributed by atoms with Crippen LogP contribution in [-0.2, 0) is 20.8 Å². The van der Waals surface area contributed by atoms with Gasteiger partial charge in [0, 0.05) is 18.8 Å². The molecule has 1 aliphatic rings. The van der Waals surface area contributed by atoms with Crippen LogP contribution in [-0.4, -0.2) is 54.6 Å². The maximum Gasteiger partial charge on any atom is 0.251 e. The number of nitrogens with one attached hydrogen (secondary N) is 3. The van der Waals surface area contributed by atoms with Crippen LogP contribution in [0.4, 0.5) is 5.82 Å². The van der Waals surface area contributed by atoms with Crippen LogP contribution in [0.3, 0.4) is 0 Å². The lowest BCUT2D eigenvalue weighted by Gasteiger charge is -2.31. The summed E-state index contributed by atoms with van der Waals surface area (Å²) in [6, 6.07) is 1.51. The average Bonchev–Trinajstić information content (AvgIpc) is 3.20. The average molecular weight is 455 g/mol. The van der Waals surface area contributed by atoms with E-state index in [1.807, 2.05) is 39.8 Å². The summed E-state index contributed by atoms with van der Waals surface area (Å²) < 4.78 is 0. The fourth-order valence-corrected chi connectivity index (χ4v) is 3.49. The van der Waals surface area contributed by atoms with Crippen LogP contribution in [0.1, 0.15) is 40.2 Å². The molecule has 1 aromatic heterocycles. The summed E-state index contributed by atoms with van der Waals surface area (Å²) in [4.78, 5) is 49.2. The molecule has 0 aliphatic carbocycles. The summed E-state index contributed by atoms with van der Waals surface area (Å²) in [5, 5.41) is 8.57. The van der Waals surface area contributed by atoms with Gasteiger partial charge in [-0.1, -0.05) is 26.0 Å². The number of aliphatic imine (C=N–C) groups is 1. The van der Waals surface area contributed by atoms with Gasteiger partial charge in [-0.15, -0.1) is 0 Å². The van der Waals surface area contributed by atoms with Gasteiger partial charge < -0.3 is 16.0 Å². The molecule has 9 heteroatoms. The van der Waals surface area contributed by atoms with Gasteiger partial charge in [0.1, 0.15) is 17.9 Å². The highest BCUT2D eigenvalue weighted by Gasteiger charge is 2.43. The minimum atomic E-state index is -0.821. The lowest BCUT2D eigenvalue weighted by molar-refractivity contribution is -0.130. The Morgan fingerprint density at radius 1 is 1.30 bits per heavy atom. The van der Waals surface area contributed by atoms with Crippen molar-refractivity contribution in [1.82, 2.24) is 20.9 Å². The van der Waals surface area contributed by atoms with Crippen molar-refractivity contribution in [2.75, 3.05) is 11.9 Å². The van der Waals surface area contributed by atoms with Crippen LogP contribution in [0.5, 0.6) is 0 Å². The van der Waals surface area contributed by atoms with E-state index < -0.39 is 18.1 Å². The molecule has 0 spiro atoms. The molecular formula is C24H34N6O3. The quantitative estimate of drug-likeness (QED) is 0.388. The van der Waals surface area contributed by atoms with E-state index in [1.165, 1.54) is 11.1 Å². The number of allylic oxidation sites excluding steroid dienone is 2. The molecule has 0 fully saturated rings. The second-order valence-electron chi connectivity index (χ2n) is 8.34. The number of hydrogen-bond donors (Lipinski definition) is 3. The summed E-state index contributed by atoms with van der Waals surface area (Å²) >= 11 is 0. The third kappa shape index (κ3) is 5.92. The summed E-state index contributed by atoms with van der Waals surface area (Å²) in [5.41, 5.74) is 2.11. The van der Waals surface area contributed by atoms with Gasteiger partial charge in [0.15, 0.2) is 0 Å². The van der Waals surface area contributed by atoms with E-state index in [0.29, 0.717) is 17.9 Å². The van der Waals surface area contributed by atoms with Gasteiger partial charge in [0.25, 0.3) is 5.91 Å². The third-order valence-electron chi connectivity index (χ3n) is 5.75. The van der Waals surface area contributed by atoms with Gasteiger partial charge >= 0.3 is 0 Å². The summed E-state index contributed by atoms with van der Waals surface area (Å²) in [6.07, 6.45) is 5.22. The SMILES string of the molecule is C=N/C=C(NC(=O)C1Cc2cccnc2N1C(=O)C(NC(=O)[C@H](C)NC)C(C)C)\C(C)=C/C. The number of carbonyl (C=O) groups is 3. The molecule has 3 atom stereocenters. The second kappa shape index (κ2) is 11.5. The van der Waals surface area contributed by atoms with Gasteiger partial charge in [-0.3, -0.25) is 24.3 Å². The Hall–Kier alpha value is -3.33. The van der Waals surface area contributed by atoms with Crippen molar-refractivity contribution in [3.05, 3.63) is 47.4 Å². The Morgan fingerprint density at radius 2 is 2.00 bits per heavy atom. The van der Waals surface area contributed by atoms with E-state index in [4.69, 9.17) is 0 Å².